The standard InChI is InChI=1S/C10H9FN2O2.C10H7FN2O2/c2*1-6(14)9-12-10(15-13-9)7-2-4-8(11)5-3-7/h2-6,14H,1H3;2-5H,1H3. The van der Waals surface area contributed by atoms with Gasteiger partial charge >= 0.3 is 0 Å². The summed E-state index contributed by atoms with van der Waals surface area (Å²) in [6, 6.07) is 11.3. The normalized spacial score (nSPS) is 11.5. The van der Waals surface area contributed by atoms with E-state index < -0.39 is 6.10 Å². The molecule has 1 atom stereocenters. The van der Waals surface area contributed by atoms with Gasteiger partial charge in [-0.3, -0.25) is 4.79 Å². The predicted octanol–water partition coefficient (Wildman–Crippen LogP) is 4.01. The molecule has 0 aliphatic rings. The van der Waals surface area contributed by atoms with Gasteiger partial charge in [-0.1, -0.05) is 10.3 Å². The number of nitrogens with zero attached hydrogens (tertiary/aromatic N) is 4. The number of hydrogen-bond donors (Lipinski definition) is 1. The van der Waals surface area contributed by atoms with Gasteiger partial charge < -0.3 is 14.2 Å². The Morgan fingerprint density at radius 2 is 1.33 bits per heavy atom. The molecule has 30 heavy (non-hydrogen) atoms. The number of aliphatic hydroxyl groups excluding tert-OH is 1. The highest BCUT2D eigenvalue weighted by molar-refractivity contribution is 5.90. The summed E-state index contributed by atoms with van der Waals surface area (Å²) in [5.41, 5.74) is 1.20. The average Bonchev–Trinajstić information content (AvgIpc) is 3.40. The minimum Gasteiger partial charge on any atom is -0.385 e. The molecule has 8 nitrogen and oxygen atoms in total. The second kappa shape index (κ2) is 9.14. The molecule has 0 spiro atoms. The second-order valence-electron chi connectivity index (χ2n) is 6.13. The van der Waals surface area contributed by atoms with Gasteiger partial charge in [-0.25, -0.2) is 8.78 Å². The topological polar surface area (TPSA) is 115 Å². The molecular formula is C20H16F2N4O4. The maximum atomic E-state index is 12.6. The van der Waals surface area contributed by atoms with Gasteiger partial charge in [-0.15, -0.1) is 0 Å². The van der Waals surface area contributed by atoms with E-state index in [9.17, 15) is 18.7 Å². The first kappa shape index (κ1) is 20.9. The molecule has 2 aromatic heterocycles. The van der Waals surface area contributed by atoms with Crippen LogP contribution in [0.2, 0.25) is 0 Å². The van der Waals surface area contributed by atoms with Crippen LogP contribution in [0.1, 0.15) is 36.4 Å². The number of aliphatic hydroxyl groups is 1. The Morgan fingerprint density at radius 3 is 1.73 bits per heavy atom. The SMILES string of the molecule is CC(=O)c1noc(-c2ccc(F)cc2)n1.CC(O)c1noc(-c2ccc(F)cc2)n1. The summed E-state index contributed by atoms with van der Waals surface area (Å²) < 4.78 is 35.0. The van der Waals surface area contributed by atoms with E-state index in [1.165, 1.54) is 55.5 Å². The molecule has 0 aliphatic carbocycles. The summed E-state index contributed by atoms with van der Waals surface area (Å²) >= 11 is 0. The maximum Gasteiger partial charge on any atom is 0.258 e. The summed E-state index contributed by atoms with van der Waals surface area (Å²) in [5.74, 6) is -0.221. The quantitative estimate of drug-likeness (QED) is 0.498. The van der Waals surface area contributed by atoms with Gasteiger partial charge in [-0.2, -0.15) is 9.97 Å². The van der Waals surface area contributed by atoms with Gasteiger partial charge in [0.25, 0.3) is 11.8 Å². The van der Waals surface area contributed by atoms with Crippen molar-refractivity contribution in [2.75, 3.05) is 0 Å². The molecule has 4 aromatic rings. The Balaban J connectivity index is 0.000000171. The van der Waals surface area contributed by atoms with Crippen LogP contribution in [0.15, 0.2) is 57.6 Å². The highest BCUT2D eigenvalue weighted by Crippen LogP contribution is 2.19. The number of Topliss-reactive ketones (excluding diaryl/α,β-unsaturated/α-hetero) is 1. The largest absolute Gasteiger partial charge is 0.385 e. The average molecular weight is 414 g/mol. The van der Waals surface area contributed by atoms with Gasteiger partial charge in [-0.05, 0) is 55.5 Å². The van der Waals surface area contributed by atoms with Crippen LogP contribution in [-0.2, 0) is 0 Å². The van der Waals surface area contributed by atoms with Crippen LogP contribution in [0.3, 0.4) is 0 Å². The molecule has 154 valence electrons. The molecule has 10 heteroatoms. The van der Waals surface area contributed by atoms with Crippen LogP contribution in [0, 0.1) is 11.6 Å². The van der Waals surface area contributed by atoms with Crippen LogP contribution in [0.25, 0.3) is 22.9 Å². The summed E-state index contributed by atoms with van der Waals surface area (Å²) in [6.07, 6.45) is -0.775. The molecule has 0 bridgehead atoms. The number of aromatic nitrogens is 4. The molecular weight excluding hydrogens is 398 g/mol. The van der Waals surface area contributed by atoms with Crippen LogP contribution in [0.5, 0.6) is 0 Å². The van der Waals surface area contributed by atoms with Gasteiger partial charge in [0, 0.05) is 18.1 Å². The van der Waals surface area contributed by atoms with Gasteiger partial charge in [0.15, 0.2) is 5.82 Å². The van der Waals surface area contributed by atoms with Gasteiger partial charge in [0.2, 0.25) is 11.6 Å². The van der Waals surface area contributed by atoms with Crippen molar-refractivity contribution >= 4 is 5.78 Å². The fourth-order valence-corrected chi connectivity index (χ4v) is 2.19. The molecule has 0 saturated heterocycles. The van der Waals surface area contributed by atoms with E-state index in [-0.39, 0.29) is 40.8 Å². The van der Waals surface area contributed by atoms with E-state index in [0.717, 1.165) is 0 Å². The van der Waals surface area contributed by atoms with Crippen LogP contribution >= 0.6 is 0 Å². The minimum atomic E-state index is -0.775. The van der Waals surface area contributed by atoms with Crippen molar-refractivity contribution in [2.24, 2.45) is 0 Å². The highest BCUT2D eigenvalue weighted by Gasteiger charge is 2.12. The lowest BCUT2D eigenvalue weighted by Gasteiger charge is -1.93. The molecule has 1 N–H and O–H groups in total. The zero-order chi connectivity index (χ0) is 21.7. The van der Waals surface area contributed by atoms with Crippen molar-refractivity contribution < 1.29 is 27.7 Å². The van der Waals surface area contributed by atoms with Gasteiger partial charge in [0.1, 0.15) is 17.7 Å². The number of benzene rings is 2. The third-order valence-corrected chi connectivity index (χ3v) is 3.74. The molecule has 2 aromatic carbocycles. The van der Waals surface area contributed by atoms with Crippen molar-refractivity contribution in [3.8, 4) is 22.9 Å². The molecule has 0 fully saturated rings. The van der Waals surface area contributed by atoms with Crippen molar-refractivity contribution in [1.29, 1.82) is 0 Å². The Bertz CT molecular complexity index is 1120. The molecule has 4 rings (SSSR count). The van der Waals surface area contributed by atoms with E-state index in [0.29, 0.717) is 11.1 Å². The minimum absolute atomic E-state index is 0.0225. The molecule has 2 heterocycles. The summed E-state index contributed by atoms with van der Waals surface area (Å²) in [4.78, 5) is 18.7. The highest BCUT2D eigenvalue weighted by atomic mass is 19.1. The number of ketones is 1. The van der Waals surface area contributed by atoms with Crippen LogP contribution in [-0.4, -0.2) is 31.2 Å². The Labute approximate surface area is 169 Å². The Hall–Kier alpha value is -3.79. The third kappa shape index (κ3) is 5.17. The molecule has 0 saturated carbocycles. The first-order valence-corrected chi connectivity index (χ1v) is 8.71. The smallest absolute Gasteiger partial charge is 0.258 e. The van der Waals surface area contributed by atoms with Gasteiger partial charge in [0.05, 0.1) is 0 Å². The van der Waals surface area contributed by atoms with Crippen LogP contribution < -0.4 is 0 Å². The number of halogens is 2. The van der Waals surface area contributed by atoms with Crippen LogP contribution in [0.4, 0.5) is 8.78 Å². The summed E-state index contributed by atoms with van der Waals surface area (Å²) in [7, 11) is 0. The van der Waals surface area contributed by atoms with Crippen molar-refractivity contribution in [1.82, 2.24) is 20.3 Å². The zero-order valence-corrected chi connectivity index (χ0v) is 15.9. The maximum absolute atomic E-state index is 12.6. The lowest BCUT2D eigenvalue weighted by atomic mass is 10.2. The Kier molecular flexibility index (Phi) is 6.38. The molecule has 1 unspecified atom stereocenters. The van der Waals surface area contributed by atoms with E-state index in [1.807, 2.05) is 0 Å². The third-order valence-electron chi connectivity index (χ3n) is 3.74. The van der Waals surface area contributed by atoms with E-state index in [1.54, 1.807) is 6.92 Å². The first-order chi connectivity index (χ1) is 14.3. The molecule has 0 radical (unpaired) electrons. The predicted molar refractivity (Wildman–Crippen MR) is 100 cm³/mol. The summed E-state index contributed by atoms with van der Waals surface area (Å²) in [6.45, 7) is 2.89. The van der Waals surface area contributed by atoms with Crippen molar-refractivity contribution in [3.05, 3.63) is 71.8 Å². The molecule has 0 aliphatic heterocycles. The monoisotopic (exact) mass is 414 g/mol. The fourth-order valence-electron chi connectivity index (χ4n) is 2.19. The lowest BCUT2D eigenvalue weighted by molar-refractivity contribution is 0.100. The fraction of sp³-hybridized carbons (Fsp3) is 0.150. The zero-order valence-electron chi connectivity index (χ0n) is 15.9. The second-order valence-corrected chi connectivity index (χ2v) is 6.13. The lowest BCUT2D eigenvalue weighted by Crippen LogP contribution is -1.93. The van der Waals surface area contributed by atoms with E-state index in [4.69, 9.17) is 9.05 Å². The number of rotatable bonds is 4. The van der Waals surface area contributed by atoms with E-state index >= 15 is 0 Å². The number of hydrogen-bond acceptors (Lipinski definition) is 8. The van der Waals surface area contributed by atoms with Crippen molar-refractivity contribution in [3.63, 3.8) is 0 Å². The van der Waals surface area contributed by atoms with E-state index in [2.05, 4.69) is 20.3 Å². The number of carbonyl (C=O) groups excluding carboxylic acids is 1. The molecule has 0 amide bonds. The summed E-state index contributed by atoms with van der Waals surface area (Å²) in [5, 5.41) is 16.3. The first-order valence-electron chi connectivity index (χ1n) is 8.71. The number of carbonyl (C=O) groups is 1. The Morgan fingerprint density at radius 1 is 0.867 bits per heavy atom. The van der Waals surface area contributed by atoms with Crippen molar-refractivity contribution in [2.45, 2.75) is 20.0 Å².